The molecule has 0 radical (unpaired) electrons. The fraction of sp³-hybridized carbons (Fsp3) is 0.909. The molecule has 0 aromatic heterocycles. The van der Waals surface area contributed by atoms with E-state index in [2.05, 4.69) is 15.9 Å². The van der Waals surface area contributed by atoms with Gasteiger partial charge in [-0.15, -0.1) is 0 Å². The minimum Gasteiger partial charge on any atom is -0.345 e. The summed E-state index contributed by atoms with van der Waals surface area (Å²) < 4.78 is 0. The van der Waals surface area contributed by atoms with E-state index < -0.39 is 0 Å². The Balaban J connectivity index is 2.30. The van der Waals surface area contributed by atoms with E-state index in [1.807, 2.05) is 11.9 Å². The quantitative estimate of drug-likeness (QED) is 0.713. The Labute approximate surface area is 95.2 Å². The van der Waals surface area contributed by atoms with Crippen LogP contribution >= 0.6 is 15.9 Å². The molecular weight excluding hydrogens is 242 g/mol. The number of rotatable bonds is 4. The van der Waals surface area contributed by atoms with E-state index in [4.69, 9.17) is 0 Å². The van der Waals surface area contributed by atoms with Gasteiger partial charge >= 0.3 is 0 Å². The van der Waals surface area contributed by atoms with Crippen molar-refractivity contribution in [2.45, 2.75) is 38.5 Å². The molecule has 0 unspecified atom stereocenters. The molecule has 1 amide bonds. The summed E-state index contributed by atoms with van der Waals surface area (Å²) in [6, 6.07) is 0. The molecule has 0 aliphatic heterocycles. The van der Waals surface area contributed by atoms with Gasteiger partial charge in [-0.3, -0.25) is 4.79 Å². The first-order chi connectivity index (χ1) is 6.75. The summed E-state index contributed by atoms with van der Waals surface area (Å²) in [5.74, 6) is 0.690. The fourth-order valence-corrected chi connectivity index (χ4v) is 2.32. The predicted molar refractivity (Wildman–Crippen MR) is 62.6 cm³/mol. The van der Waals surface area contributed by atoms with E-state index in [-0.39, 0.29) is 0 Å². The predicted octanol–water partition coefficient (Wildman–Crippen LogP) is 2.81. The first-order valence-electron chi connectivity index (χ1n) is 5.56. The zero-order valence-corrected chi connectivity index (χ0v) is 10.6. The molecule has 1 aliphatic rings. The molecule has 1 saturated carbocycles. The average molecular weight is 262 g/mol. The average Bonchev–Trinajstić information content (AvgIpc) is 2.26. The zero-order valence-electron chi connectivity index (χ0n) is 8.97. The molecule has 0 aromatic rings. The van der Waals surface area contributed by atoms with Gasteiger partial charge in [-0.25, -0.2) is 0 Å². The van der Waals surface area contributed by atoms with Gasteiger partial charge in [0.25, 0.3) is 0 Å². The van der Waals surface area contributed by atoms with Crippen LogP contribution < -0.4 is 0 Å². The second-order valence-electron chi connectivity index (χ2n) is 4.14. The Morgan fingerprint density at radius 3 is 2.57 bits per heavy atom. The van der Waals surface area contributed by atoms with Crippen molar-refractivity contribution in [2.24, 2.45) is 5.92 Å². The minimum absolute atomic E-state index is 0.323. The summed E-state index contributed by atoms with van der Waals surface area (Å²) in [5.41, 5.74) is 0. The summed E-state index contributed by atoms with van der Waals surface area (Å²) in [5, 5.41) is 0.981. The summed E-state index contributed by atoms with van der Waals surface area (Å²) in [6.07, 6.45) is 7.06. The first-order valence-corrected chi connectivity index (χ1v) is 6.69. The Kier molecular flexibility index (Phi) is 5.53. The molecule has 1 aliphatic carbocycles. The van der Waals surface area contributed by atoms with Gasteiger partial charge < -0.3 is 4.90 Å². The maximum Gasteiger partial charge on any atom is 0.225 e. The summed E-state index contributed by atoms with van der Waals surface area (Å²) >= 11 is 3.39. The van der Waals surface area contributed by atoms with Gasteiger partial charge in [0.1, 0.15) is 0 Å². The number of carbonyl (C=O) groups excluding carboxylic acids is 1. The topological polar surface area (TPSA) is 20.3 Å². The number of alkyl halides is 1. The molecular formula is C11H20BrNO. The fourth-order valence-electron chi connectivity index (χ4n) is 2.07. The lowest BCUT2D eigenvalue weighted by atomic mass is 9.88. The molecule has 14 heavy (non-hydrogen) atoms. The van der Waals surface area contributed by atoms with Gasteiger partial charge in [-0.05, 0) is 19.3 Å². The molecule has 0 aromatic carbocycles. The van der Waals surface area contributed by atoms with Crippen molar-refractivity contribution in [2.75, 3.05) is 18.9 Å². The van der Waals surface area contributed by atoms with E-state index in [1.54, 1.807) is 0 Å². The maximum atomic E-state index is 11.9. The SMILES string of the molecule is CN(CCCBr)C(=O)C1CCCCC1. The molecule has 2 nitrogen and oxygen atoms in total. The van der Waals surface area contributed by atoms with E-state index in [9.17, 15) is 4.79 Å². The number of amides is 1. The molecule has 0 spiro atoms. The number of nitrogens with zero attached hydrogens (tertiary/aromatic N) is 1. The third-order valence-corrected chi connectivity index (χ3v) is 3.52. The van der Waals surface area contributed by atoms with E-state index in [0.717, 1.165) is 31.1 Å². The highest BCUT2D eigenvalue weighted by Gasteiger charge is 2.23. The lowest BCUT2D eigenvalue weighted by Crippen LogP contribution is -2.34. The molecule has 1 fully saturated rings. The second-order valence-corrected chi connectivity index (χ2v) is 4.93. The van der Waals surface area contributed by atoms with Gasteiger partial charge in [-0.2, -0.15) is 0 Å². The van der Waals surface area contributed by atoms with Crippen LogP contribution in [0.25, 0.3) is 0 Å². The minimum atomic E-state index is 0.323. The Hall–Kier alpha value is -0.0500. The van der Waals surface area contributed by atoms with Gasteiger partial charge in [-0.1, -0.05) is 35.2 Å². The first kappa shape index (κ1) is 12.0. The van der Waals surface area contributed by atoms with Gasteiger partial charge in [0, 0.05) is 24.8 Å². The summed E-state index contributed by atoms with van der Waals surface area (Å²) in [7, 11) is 1.93. The lowest BCUT2D eigenvalue weighted by molar-refractivity contribution is -0.135. The molecule has 3 heteroatoms. The highest BCUT2D eigenvalue weighted by atomic mass is 79.9. The highest BCUT2D eigenvalue weighted by Crippen LogP contribution is 2.25. The van der Waals surface area contributed by atoms with Crippen molar-refractivity contribution in [3.8, 4) is 0 Å². The van der Waals surface area contributed by atoms with Crippen molar-refractivity contribution in [1.29, 1.82) is 0 Å². The van der Waals surface area contributed by atoms with Gasteiger partial charge in [0.05, 0.1) is 0 Å². The van der Waals surface area contributed by atoms with Crippen LogP contribution in [-0.2, 0) is 4.79 Å². The molecule has 1 rings (SSSR count). The van der Waals surface area contributed by atoms with Gasteiger partial charge in [0.15, 0.2) is 0 Å². The highest BCUT2D eigenvalue weighted by molar-refractivity contribution is 9.09. The molecule has 0 atom stereocenters. The Bertz CT molecular complexity index is 178. The molecule has 0 heterocycles. The number of carbonyl (C=O) groups is 1. The Morgan fingerprint density at radius 2 is 2.00 bits per heavy atom. The third kappa shape index (κ3) is 3.60. The van der Waals surface area contributed by atoms with Crippen molar-refractivity contribution < 1.29 is 4.79 Å². The van der Waals surface area contributed by atoms with E-state index >= 15 is 0 Å². The van der Waals surface area contributed by atoms with E-state index in [0.29, 0.717) is 11.8 Å². The monoisotopic (exact) mass is 261 g/mol. The second kappa shape index (κ2) is 6.44. The molecule has 0 bridgehead atoms. The largest absolute Gasteiger partial charge is 0.345 e. The number of hydrogen-bond acceptors (Lipinski definition) is 1. The van der Waals surface area contributed by atoms with Crippen LogP contribution in [0.4, 0.5) is 0 Å². The summed E-state index contributed by atoms with van der Waals surface area (Å²) in [4.78, 5) is 13.8. The van der Waals surface area contributed by atoms with Crippen molar-refractivity contribution >= 4 is 21.8 Å². The number of hydrogen-bond donors (Lipinski definition) is 0. The van der Waals surface area contributed by atoms with Crippen LogP contribution in [0.3, 0.4) is 0 Å². The zero-order chi connectivity index (χ0) is 10.4. The standard InChI is InChI=1S/C11H20BrNO/c1-13(9-5-8-12)11(14)10-6-3-2-4-7-10/h10H,2-9H2,1H3. The summed E-state index contributed by atoms with van der Waals surface area (Å²) in [6.45, 7) is 0.889. The van der Waals surface area contributed by atoms with Crippen molar-refractivity contribution in [3.05, 3.63) is 0 Å². The maximum absolute atomic E-state index is 11.9. The van der Waals surface area contributed by atoms with Crippen LogP contribution in [0.2, 0.25) is 0 Å². The number of halogens is 1. The van der Waals surface area contributed by atoms with Crippen LogP contribution in [-0.4, -0.2) is 29.7 Å². The van der Waals surface area contributed by atoms with Gasteiger partial charge in [0.2, 0.25) is 5.91 Å². The van der Waals surface area contributed by atoms with Crippen molar-refractivity contribution in [3.63, 3.8) is 0 Å². The van der Waals surface area contributed by atoms with E-state index in [1.165, 1.54) is 19.3 Å². The van der Waals surface area contributed by atoms with Crippen LogP contribution in [0.1, 0.15) is 38.5 Å². The third-order valence-electron chi connectivity index (χ3n) is 2.96. The van der Waals surface area contributed by atoms with Crippen LogP contribution in [0.5, 0.6) is 0 Å². The Morgan fingerprint density at radius 1 is 1.36 bits per heavy atom. The smallest absolute Gasteiger partial charge is 0.225 e. The van der Waals surface area contributed by atoms with Crippen molar-refractivity contribution in [1.82, 2.24) is 4.90 Å². The van der Waals surface area contributed by atoms with Crippen LogP contribution in [0.15, 0.2) is 0 Å². The van der Waals surface area contributed by atoms with Crippen LogP contribution in [0, 0.1) is 5.92 Å². The molecule has 0 saturated heterocycles. The normalized spacial score (nSPS) is 18.1. The lowest BCUT2D eigenvalue weighted by Gasteiger charge is -2.26. The molecule has 0 N–H and O–H groups in total. The molecule has 82 valence electrons.